The lowest BCUT2D eigenvalue weighted by Gasteiger charge is -2.09. The fourth-order valence-corrected chi connectivity index (χ4v) is 3.89. The monoisotopic (exact) mass is 399 g/mol. The SMILES string of the molecule is CC(=O)Nc1ccc(S(=O)(=O)NCCc2ccc3[nH]c(=O)c(C)cc3c2)cc1. The summed E-state index contributed by atoms with van der Waals surface area (Å²) in [7, 11) is -3.64. The summed E-state index contributed by atoms with van der Waals surface area (Å²) in [6.45, 7) is 3.37. The maximum atomic E-state index is 12.4. The summed E-state index contributed by atoms with van der Waals surface area (Å²) in [6.07, 6.45) is 0.511. The van der Waals surface area contributed by atoms with Crippen LogP contribution >= 0.6 is 0 Å². The van der Waals surface area contributed by atoms with E-state index in [2.05, 4.69) is 15.0 Å². The zero-order valence-electron chi connectivity index (χ0n) is 15.6. The van der Waals surface area contributed by atoms with Gasteiger partial charge in [-0.15, -0.1) is 0 Å². The molecule has 0 aliphatic rings. The molecule has 0 saturated carbocycles. The van der Waals surface area contributed by atoms with Gasteiger partial charge in [0.2, 0.25) is 15.9 Å². The van der Waals surface area contributed by atoms with Crippen LogP contribution in [-0.2, 0) is 21.2 Å². The lowest BCUT2D eigenvalue weighted by Crippen LogP contribution is -2.26. The number of aryl methyl sites for hydroxylation is 1. The number of rotatable bonds is 6. The molecule has 0 fully saturated rings. The first-order chi connectivity index (χ1) is 13.2. The minimum Gasteiger partial charge on any atom is -0.326 e. The highest BCUT2D eigenvalue weighted by molar-refractivity contribution is 7.89. The van der Waals surface area contributed by atoms with E-state index in [0.717, 1.165) is 16.5 Å². The standard InChI is InChI=1S/C20H21N3O4S/c1-13-11-16-12-15(3-8-19(16)23-20(13)25)9-10-21-28(26,27)18-6-4-17(5-7-18)22-14(2)24/h3-8,11-12,21H,9-10H2,1-2H3,(H,22,24)(H,23,25). The molecule has 0 atom stereocenters. The first-order valence-electron chi connectivity index (χ1n) is 8.74. The van der Waals surface area contributed by atoms with Crippen molar-refractivity contribution in [2.24, 2.45) is 0 Å². The van der Waals surface area contributed by atoms with Crippen LogP contribution in [0.15, 0.2) is 58.2 Å². The van der Waals surface area contributed by atoms with Gasteiger partial charge in [-0.2, -0.15) is 0 Å². The van der Waals surface area contributed by atoms with Gasteiger partial charge in [0, 0.05) is 30.2 Å². The number of carbonyl (C=O) groups is 1. The molecule has 3 aromatic rings. The molecule has 0 aliphatic heterocycles. The summed E-state index contributed by atoms with van der Waals surface area (Å²) in [5.41, 5.74) is 2.77. The molecule has 0 bridgehead atoms. The summed E-state index contributed by atoms with van der Waals surface area (Å²) >= 11 is 0. The summed E-state index contributed by atoms with van der Waals surface area (Å²) in [4.78, 5) is 25.6. The van der Waals surface area contributed by atoms with Gasteiger partial charge in [-0.1, -0.05) is 6.07 Å². The van der Waals surface area contributed by atoms with Crippen molar-refractivity contribution >= 4 is 32.5 Å². The Kier molecular flexibility index (Phi) is 5.62. The second kappa shape index (κ2) is 7.95. The molecule has 0 aliphatic carbocycles. The van der Waals surface area contributed by atoms with E-state index < -0.39 is 10.0 Å². The number of hydrogen-bond donors (Lipinski definition) is 3. The van der Waals surface area contributed by atoms with Crippen LogP contribution < -0.4 is 15.6 Å². The second-order valence-corrected chi connectivity index (χ2v) is 8.32. The van der Waals surface area contributed by atoms with Gasteiger partial charge in [-0.3, -0.25) is 9.59 Å². The second-order valence-electron chi connectivity index (χ2n) is 6.56. The number of fused-ring (bicyclic) bond motifs is 1. The van der Waals surface area contributed by atoms with Gasteiger partial charge in [-0.25, -0.2) is 13.1 Å². The van der Waals surface area contributed by atoms with Gasteiger partial charge >= 0.3 is 0 Å². The fraction of sp³-hybridized carbons (Fsp3) is 0.200. The summed E-state index contributed by atoms with van der Waals surface area (Å²) < 4.78 is 27.4. The number of aromatic nitrogens is 1. The Morgan fingerprint density at radius 3 is 2.46 bits per heavy atom. The molecular formula is C20H21N3O4S. The Morgan fingerprint density at radius 2 is 1.79 bits per heavy atom. The number of anilines is 1. The van der Waals surface area contributed by atoms with Gasteiger partial charge < -0.3 is 10.3 Å². The Labute approximate surface area is 162 Å². The van der Waals surface area contributed by atoms with Crippen LogP contribution in [0.4, 0.5) is 5.69 Å². The first kappa shape index (κ1) is 19.8. The lowest BCUT2D eigenvalue weighted by atomic mass is 10.1. The minimum atomic E-state index is -3.64. The fourth-order valence-electron chi connectivity index (χ4n) is 2.85. The van der Waals surface area contributed by atoms with E-state index in [-0.39, 0.29) is 22.9 Å². The topological polar surface area (TPSA) is 108 Å². The zero-order valence-corrected chi connectivity index (χ0v) is 16.4. The Hall–Kier alpha value is -2.97. The number of amides is 1. The molecule has 8 heteroatoms. The van der Waals surface area contributed by atoms with Gasteiger partial charge in [0.05, 0.1) is 4.90 Å². The maximum Gasteiger partial charge on any atom is 0.251 e. The zero-order chi connectivity index (χ0) is 20.3. The van der Waals surface area contributed by atoms with Crippen molar-refractivity contribution in [1.29, 1.82) is 0 Å². The molecule has 1 heterocycles. The highest BCUT2D eigenvalue weighted by atomic mass is 32.2. The van der Waals surface area contributed by atoms with Crippen molar-refractivity contribution in [2.75, 3.05) is 11.9 Å². The highest BCUT2D eigenvalue weighted by Crippen LogP contribution is 2.16. The molecule has 2 aromatic carbocycles. The summed E-state index contributed by atoms with van der Waals surface area (Å²) in [5.74, 6) is -0.219. The van der Waals surface area contributed by atoms with Crippen LogP contribution in [0.25, 0.3) is 10.9 Å². The van der Waals surface area contributed by atoms with Crippen LogP contribution in [0.1, 0.15) is 18.1 Å². The number of nitrogens with one attached hydrogen (secondary N) is 3. The van der Waals surface area contributed by atoms with E-state index >= 15 is 0 Å². The molecule has 7 nitrogen and oxygen atoms in total. The third-order valence-electron chi connectivity index (χ3n) is 4.29. The van der Waals surface area contributed by atoms with Crippen LogP contribution in [0.5, 0.6) is 0 Å². The molecule has 1 aromatic heterocycles. The molecule has 3 N–H and O–H groups in total. The van der Waals surface area contributed by atoms with Crippen LogP contribution in [0, 0.1) is 6.92 Å². The Bertz CT molecular complexity index is 1180. The van der Waals surface area contributed by atoms with Crippen molar-refractivity contribution in [3.8, 4) is 0 Å². The molecule has 28 heavy (non-hydrogen) atoms. The maximum absolute atomic E-state index is 12.4. The van der Waals surface area contributed by atoms with E-state index in [1.54, 1.807) is 19.1 Å². The third-order valence-corrected chi connectivity index (χ3v) is 5.76. The van der Waals surface area contributed by atoms with E-state index in [9.17, 15) is 18.0 Å². The normalized spacial score (nSPS) is 11.5. The van der Waals surface area contributed by atoms with Gasteiger partial charge in [0.15, 0.2) is 0 Å². The lowest BCUT2D eigenvalue weighted by molar-refractivity contribution is -0.114. The van der Waals surface area contributed by atoms with Gasteiger partial charge in [-0.05, 0) is 66.8 Å². The Morgan fingerprint density at radius 1 is 1.07 bits per heavy atom. The summed E-state index contributed by atoms with van der Waals surface area (Å²) in [6, 6.07) is 13.4. The van der Waals surface area contributed by atoms with Gasteiger partial charge in [0.25, 0.3) is 5.56 Å². The minimum absolute atomic E-state index is 0.113. The van der Waals surface area contributed by atoms with Crippen molar-refractivity contribution in [2.45, 2.75) is 25.2 Å². The van der Waals surface area contributed by atoms with Crippen molar-refractivity contribution in [1.82, 2.24) is 9.71 Å². The van der Waals surface area contributed by atoms with E-state index in [4.69, 9.17) is 0 Å². The highest BCUT2D eigenvalue weighted by Gasteiger charge is 2.13. The van der Waals surface area contributed by atoms with E-state index in [1.807, 2.05) is 24.3 Å². The Balaban J connectivity index is 1.66. The largest absolute Gasteiger partial charge is 0.326 e. The first-order valence-corrected chi connectivity index (χ1v) is 10.2. The van der Waals surface area contributed by atoms with Crippen molar-refractivity contribution in [3.63, 3.8) is 0 Å². The average molecular weight is 399 g/mol. The molecular weight excluding hydrogens is 378 g/mol. The van der Waals surface area contributed by atoms with Crippen molar-refractivity contribution < 1.29 is 13.2 Å². The van der Waals surface area contributed by atoms with Gasteiger partial charge in [0.1, 0.15) is 0 Å². The van der Waals surface area contributed by atoms with E-state index in [0.29, 0.717) is 17.7 Å². The molecule has 3 rings (SSSR count). The molecule has 0 saturated heterocycles. The van der Waals surface area contributed by atoms with Crippen molar-refractivity contribution in [3.05, 3.63) is 70.0 Å². The smallest absolute Gasteiger partial charge is 0.251 e. The number of H-pyrrole nitrogens is 1. The number of pyridine rings is 1. The predicted octanol–water partition coefficient (Wildman–Crippen LogP) is 2.32. The molecule has 146 valence electrons. The summed E-state index contributed by atoms with van der Waals surface area (Å²) in [5, 5.41) is 3.50. The number of hydrogen-bond acceptors (Lipinski definition) is 4. The molecule has 1 amide bonds. The number of benzene rings is 2. The average Bonchev–Trinajstić information content (AvgIpc) is 2.63. The molecule has 0 radical (unpaired) electrons. The van der Waals surface area contributed by atoms with Crippen LogP contribution in [0.3, 0.4) is 0 Å². The molecule has 0 spiro atoms. The van der Waals surface area contributed by atoms with Crippen LogP contribution in [-0.4, -0.2) is 25.9 Å². The third kappa shape index (κ3) is 4.65. The predicted molar refractivity (Wildman–Crippen MR) is 109 cm³/mol. The molecule has 0 unspecified atom stereocenters. The van der Waals surface area contributed by atoms with Crippen LogP contribution in [0.2, 0.25) is 0 Å². The number of aromatic amines is 1. The van der Waals surface area contributed by atoms with E-state index in [1.165, 1.54) is 19.1 Å². The number of sulfonamides is 1. The quantitative estimate of drug-likeness (QED) is 0.591. The number of carbonyl (C=O) groups excluding carboxylic acids is 1.